The van der Waals surface area contributed by atoms with E-state index in [-0.39, 0.29) is 17.0 Å². The van der Waals surface area contributed by atoms with Crippen LogP contribution in [0.5, 0.6) is 17.2 Å². The lowest BCUT2D eigenvalue weighted by molar-refractivity contribution is -0.384. The first kappa shape index (κ1) is 24.9. The van der Waals surface area contributed by atoms with Crippen LogP contribution in [0.4, 0.5) is 5.69 Å². The van der Waals surface area contributed by atoms with Gasteiger partial charge in [-0.25, -0.2) is 10.2 Å². The van der Waals surface area contributed by atoms with Gasteiger partial charge in [0.15, 0.2) is 11.5 Å². The highest BCUT2D eigenvalue weighted by molar-refractivity contribution is 5.95. The average molecular weight is 477 g/mol. The van der Waals surface area contributed by atoms with Gasteiger partial charge in [-0.2, -0.15) is 5.10 Å². The summed E-state index contributed by atoms with van der Waals surface area (Å²) in [5, 5.41) is 14.6. The van der Waals surface area contributed by atoms with Gasteiger partial charge in [-0.15, -0.1) is 0 Å². The number of non-ortho nitro benzene ring substituents is 1. The summed E-state index contributed by atoms with van der Waals surface area (Å²) in [6, 6.07) is 16.6. The molecule has 180 valence electrons. The van der Waals surface area contributed by atoms with Gasteiger partial charge in [-0.3, -0.25) is 14.9 Å². The van der Waals surface area contributed by atoms with Crippen LogP contribution in [-0.2, 0) is 0 Å². The summed E-state index contributed by atoms with van der Waals surface area (Å²) >= 11 is 0. The molecule has 0 saturated carbocycles. The molecule has 3 aromatic carbocycles. The molecule has 0 fully saturated rings. The smallest absolute Gasteiger partial charge is 0.343 e. The van der Waals surface area contributed by atoms with Gasteiger partial charge in [0.05, 0.1) is 30.4 Å². The number of nitro groups is 1. The number of carbonyl (C=O) groups is 2. The van der Waals surface area contributed by atoms with Crippen LogP contribution in [0.2, 0.25) is 0 Å². The van der Waals surface area contributed by atoms with Crippen molar-refractivity contribution in [2.24, 2.45) is 5.10 Å². The van der Waals surface area contributed by atoms with Gasteiger partial charge in [0, 0.05) is 17.7 Å². The van der Waals surface area contributed by atoms with Crippen molar-refractivity contribution in [2.45, 2.75) is 13.3 Å². The Bertz CT molecular complexity index is 1220. The molecule has 10 nitrogen and oxygen atoms in total. The van der Waals surface area contributed by atoms with Crippen molar-refractivity contribution in [1.29, 1.82) is 0 Å². The van der Waals surface area contributed by atoms with Crippen molar-refractivity contribution in [3.8, 4) is 17.2 Å². The zero-order chi connectivity index (χ0) is 25.2. The van der Waals surface area contributed by atoms with Gasteiger partial charge in [0.25, 0.3) is 11.6 Å². The van der Waals surface area contributed by atoms with Gasteiger partial charge < -0.3 is 14.2 Å². The predicted molar refractivity (Wildman–Crippen MR) is 128 cm³/mol. The highest BCUT2D eigenvalue weighted by Crippen LogP contribution is 2.28. The molecule has 1 N–H and O–H groups in total. The lowest BCUT2D eigenvalue weighted by Gasteiger charge is -2.10. The molecule has 0 aromatic heterocycles. The van der Waals surface area contributed by atoms with E-state index in [1.807, 2.05) is 6.92 Å². The van der Waals surface area contributed by atoms with E-state index in [4.69, 9.17) is 14.2 Å². The number of rotatable bonds is 10. The van der Waals surface area contributed by atoms with Crippen molar-refractivity contribution in [3.63, 3.8) is 0 Å². The second-order valence-corrected chi connectivity index (χ2v) is 7.18. The van der Waals surface area contributed by atoms with Crippen molar-refractivity contribution in [2.75, 3.05) is 13.7 Å². The fourth-order valence-electron chi connectivity index (χ4n) is 2.88. The number of benzene rings is 3. The predicted octanol–water partition coefficient (Wildman–Crippen LogP) is 4.38. The first-order chi connectivity index (χ1) is 16.9. The van der Waals surface area contributed by atoms with Crippen LogP contribution in [0, 0.1) is 10.1 Å². The van der Waals surface area contributed by atoms with Gasteiger partial charge in [-0.1, -0.05) is 6.92 Å². The number of nitro benzene ring substituents is 1. The van der Waals surface area contributed by atoms with Gasteiger partial charge in [-0.05, 0) is 66.6 Å². The van der Waals surface area contributed by atoms with Crippen LogP contribution in [0.1, 0.15) is 39.6 Å². The molecule has 0 aliphatic rings. The number of carbonyl (C=O) groups excluding carboxylic acids is 2. The monoisotopic (exact) mass is 477 g/mol. The summed E-state index contributed by atoms with van der Waals surface area (Å²) in [6.07, 6.45) is 2.27. The minimum absolute atomic E-state index is 0.115. The summed E-state index contributed by atoms with van der Waals surface area (Å²) in [6.45, 7) is 2.60. The molecular formula is C25H23N3O7. The van der Waals surface area contributed by atoms with Gasteiger partial charge >= 0.3 is 5.97 Å². The quantitative estimate of drug-likeness (QED) is 0.151. The Kier molecular flexibility index (Phi) is 8.49. The molecule has 0 unspecified atom stereocenters. The number of methoxy groups -OCH3 is 1. The number of esters is 1. The third kappa shape index (κ3) is 6.87. The number of hydrogen-bond donors (Lipinski definition) is 1. The molecule has 0 bridgehead atoms. The third-order valence-corrected chi connectivity index (χ3v) is 4.67. The number of nitrogens with zero attached hydrogens (tertiary/aromatic N) is 2. The molecule has 0 aliphatic heterocycles. The normalized spacial score (nSPS) is 10.6. The Labute approximate surface area is 201 Å². The van der Waals surface area contributed by atoms with Crippen LogP contribution in [0.15, 0.2) is 71.8 Å². The van der Waals surface area contributed by atoms with Crippen molar-refractivity contribution < 1.29 is 28.7 Å². The third-order valence-electron chi connectivity index (χ3n) is 4.67. The number of amides is 1. The Morgan fingerprint density at radius 1 is 1.00 bits per heavy atom. The number of hydrogen-bond acceptors (Lipinski definition) is 8. The second kappa shape index (κ2) is 11.9. The van der Waals surface area contributed by atoms with E-state index in [0.717, 1.165) is 6.42 Å². The highest BCUT2D eigenvalue weighted by Gasteiger charge is 2.13. The number of ether oxygens (including phenoxy) is 3. The lowest BCUT2D eigenvalue weighted by atomic mass is 10.2. The standard InChI is InChI=1S/C25H23N3O7/c1-3-14-34-21-11-7-19(8-12-21)25(30)35-22-13-4-17(15-23(22)33-2)16-26-27-24(29)18-5-9-20(10-6-18)28(31)32/h4-13,15-16H,3,14H2,1-2H3,(H,27,29)/b26-16-. The van der Waals surface area contributed by atoms with Crippen LogP contribution in [0.25, 0.3) is 0 Å². The summed E-state index contributed by atoms with van der Waals surface area (Å²) in [5.74, 6) is 0.106. The fraction of sp³-hybridized carbons (Fsp3) is 0.160. The SMILES string of the molecule is CCCOc1ccc(C(=O)Oc2ccc(/C=N\NC(=O)c3ccc([N+](=O)[O-])cc3)cc2OC)cc1. The molecule has 0 saturated heterocycles. The van der Waals surface area contributed by atoms with E-state index in [2.05, 4.69) is 10.5 Å². The van der Waals surface area contributed by atoms with E-state index in [1.54, 1.807) is 42.5 Å². The zero-order valence-electron chi connectivity index (χ0n) is 19.1. The molecule has 0 radical (unpaired) electrons. The molecule has 35 heavy (non-hydrogen) atoms. The van der Waals surface area contributed by atoms with Crippen LogP contribution < -0.4 is 19.6 Å². The molecule has 3 aromatic rings. The Balaban J connectivity index is 1.62. The first-order valence-corrected chi connectivity index (χ1v) is 10.6. The van der Waals surface area contributed by atoms with E-state index in [9.17, 15) is 19.7 Å². The average Bonchev–Trinajstić information content (AvgIpc) is 2.88. The second-order valence-electron chi connectivity index (χ2n) is 7.18. The van der Waals surface area contributed by atoms with Crippen molar-refractivity contribution >= 4 is 23.8 Å². The van der Waals surface area contributed by atoms with Crippen molar-refractivity contribution in [1.82, 2.24) is 5.43 Å². The van der Waals surface area contributed by atoms with E-state index in [1.165, 1.54) is 37.6 Å². The van der Waals surface area contributed by atoms with Gasteiger partial charge in [0.2, 0.25) is 0 Å². The Morgan fingerprint density at radius 2 is 1.69 bits per heavy atom. The lowest BCUT2D eigenvalue weighted by Crippen LogP contribution is -2.17. The van der Waals surface area contributed by atoms with Crippen LogP contribution in [-0.4, -0.2) is 36.7 Å². The molecule has 0 spiro atoms. The fourth-order valence-corrected chi connectivity index (χ4v) is 2.88. The highest BCUT2D eigenvalue weighted by atomic mass is 16.6. The minimum atomic E-state index is -0.554. The van der Waals surface area contributed by atoms with Crippen molar-refractivity contribution in [3.05, 3.63) is 93.5 Å². The summed E-state index contributed by atoms with van der Waals surface area (Å²) in [7, 11) is 1.43. The first-order valence-electron chi connectivity index (χ1n) is 10.6. The molecule has 3 rings (SSSR count). The largest absolute Gasteiger partial charge is 0.494 e. The van der Waals surface area contributed by atoms with E-state index < -0.39 is 16.8 Å². The molecule has 0 heterocycles. The molecule has 0 aliphatic carbocycles. The minimum Gasteiger partial charge on any atom is -0.494 e. The maximum Gasteiger partial charge on any atom is 0.343 e. The van der Waals surface area contributed by atoms with E-state index in [0.29, 0.717) is 29.2 Å². The summed E-state index contributed by atoms with van der Waals surface area (Å²) in [4.78, 5) is 34.8. The van der Waals surface area contributed by atoms with Crippen LogP contribution in [0.3, 0.4) is 0 Å². The summed E-state index contributed by atoms with van der Waals surface area (Å²) < 4.78 is 16.3. The van der Waals surface area contributed by atoms with Gasteiger partial charge in [0.1, 0.15) is 5.75 Å². The van der Waals surface area contributed by atoms with Crippen LogP contribution >= 0.6 is 0 Å². The Hall–Kier alpha value is -4.73. The molecule has 0 atom stereocenters. The number of hydrazone groups is 1. The number of nitrogens with one attached hydrogen (secondary N) is 1. The molecule has 1 amide bonds. The zero-order valence-corrected chi connectivity index (χ0v) is 19.1. The maximum atomic E-state index is 12.5. The molecular weight excluding hydrogens is 454 g/mol. The maximum absolute atomic E-state index is 12.5. The Morgan fingerprint density at radius 3 is 2.31 bits per heavy atom. The summed E-state index contributed by atoms with van der Waals surface area (Å²) in [5.41, 5.74) is 3.38. The van der Waals surface area contributed by atoms with E-state index >= 15 is 0 Å². The molecule has 10 heteroatoms. The topological polar surface area (TPSA) is 129 Å².